The predicted molar refractivity (Wildman–Crippen MR) is 88.2 cm³/mol. The maximum Gasteiger partial charge on any atom is 0.191 e. The van der Waals surface area contributed by atoms with Crippen LogP contribution in [0.15, 0.2) is 17.4 Å². The van der Waals surface area contributed by atoms with Gasteiger partial charge in [0.1, 0.15) is 0 Å². The van der Waals surface area contributed by atoms with E-state index in [4.69, 9.17) is 15.2 Å². The molecule has 3 heterocycles. The molecule has 7 heteroatoms. The lowest BCUT2D eigenvalue weighted by molar-refractivity contribution is 0.00524. The zero-order valence-electron chi connectivity index (χ0n) is 14.0. The minimum atomic E-state index is 0.0791. The van der Waals surface area contributed by atoms with E-state index in [0.29, 0.717) is 25.0 Å². The molecule has 3 atom stereocenters. The molecule has 0 aromatic carbocycles. The van der Waals surface area contributed by atoms with Gasteiger partial charge < -0.3 is 20.1 Å². The number of guanidine groups is 1. The van der Waals surface area contributed by atoms with Crippen molar-refractivity contribution < 1.29 is 9.47 Å². The molecule has 0 amide bonds. The van der Waals surface area contributed by atoms with Crippen molar-refractivity contribution in [1.29, 1.82) is 0 Å². The van der Waals surface area contributed by atoms with Gasteiger partial charge in [-0.05, 0) is 20.3 Å². The molecule has 1 aromatic rings. The Bertz CT molecular complexity index is 544. The van der Waals surface area contributed by atoms with E-state index in [1.165, 1.54) is 0 Å². The summed E-state index contributed by atoms with van der Waals surface area (Å²) in [6, 6.07) is 0. The molecule has 0 spiro atoms. The average molecular weight is 321 g/mol. The third-order valence-electron chi connectivity index (χ3n) is 4.57. The fourth-order valence-corrected chi connectivity index (χ4v) is 3.23. The van der Waals surface area contributed by atoms with E-state index in [1.54, 1.807) is 0 Å². The molecule has 2 aliphatic heterocycles. The Morgan fingerprint density at radius 3 is 3.04 bits per heavy atom. The minimum Gasteiger partial charge on any atom is -0.375 e. The number of ether oxygens (including phenoxy) is 2. The molecule has 23 heavy (non-hydrogen) atoms. The first-order valence-electron chi connectivity index (χ1n) is 8.47. The number of nitrogens with zero attached hydrogens (tertiary/aromatic N) is 4. The zero-order valence-corrected chi connectivity index (χ0v) is 14.0. The topological polar surface area (TPSA) is 77.9 Å². The molecule has 0 saturated carbocycles. The lowest BCUT2D eigenvalue weighted by Gasteiger charge is -2.32. The summed E-state index contributed by atoms with van der Waals surface area (Å²) in [7, 11) is 0. The first kappa shape index (κ1) is 16.3. The highest BCUT2D eigenvalue weighted by molar-refractivity contribution is 5.78. The Morgan fingerprint density at radius 1 is 1.43 bits per heavy atom. The van der Waals surface area contributed by atoms with Crippen LogP contribution in [-0.4, -0.2) is 59.6 Å². The van der Waals surface area contributed by atoms with Gasteiger partial charge in [0.15, 0.2) is 5.96 Å². The molecule has 2 N–H and O–H groups in total. The van der Waals surface area contributed by atoms with Crippen molar-refractivity contribution >= 4 is 5.96 Å². The Balaban J connectivity index is 1.60. The van der Waals surface area contributed by atoms with Gasteiger partial charge in [-0.3, -0.25) is 9.67 Å². The molecule has 1 aromatic heterocycles. The average Bonchev–Trinajstić information content (AvgIpc) is 3.21. The van der Waals surface area contributed by atoms with Gasteiger partial charge in [-0.1, -0.05) is 0 Å². The van der Waals surface area contributed by atoms with Crippen LogP contribution in [0, 0.1) is 5.92 Å². The Morgan fingerprint density at radius 2 is 2.30 bits per heavy atom. The van der Waals surface area contributed by atoms with Gasteiger partial charge in [0.25, 0.3) is 0 Å². The van der Waals surface area contributed by atoms with Crippen LogP contribution in [0.2, 0.25) is 0 Å². The van der Waals surface area contributed by atoms with Gasteiger partial charge in [-0.2, -0.15) is 5.10 Å². The third-order valence-corrected chi connectivity index (χ3v) is 4.57. The smallest absolute Gasteiger partial charge is 0.191 e. The number of rotatable bonds is 4. The normalized spacial score (nSPS) is 29.2. The van der Waals surface area contributed by atoms with Crippen molar-refractivity contribution in [2.75, 3.05) is 32.8 Å². The fraction of sp³-hybridized carbons (Fsp3) is 0.750. The summed E-state index contributed by atoms with van der Waals surface area (Å²) in [5.41, 5.74) is 7.30. The minimum absolute atomic E-state index is 0.0791. The molecule has 0 aliphatic carbocycles. The SMILES string of the molecule is CCn1cc([C@@H]2OCC[C@H]2CN=C(N)N2CCOC(C)C2)cn1. The monoisotopic (exact) mass is 321 g/mol. The first-order chi connectivity index (χ1) is 11.2. The summed E-state index contributed by atoms with van der Waals surface area (Å²) in [5.74, 6) is 0.983. The van der Waals surface area contributed by atoms with Crippen LogP contribution in [0.1, 0.15) is 31.9 Å². The number of hydrogen-bond donors (Lipinski definition) is 1. The highest BCUT2D eigenvalue weighted by Gasteiger charge is 2.30. The molecule has 2 fully saturated rings. The van der Waals surface area contributed by atoms with Gasteiger partial charge in [0, 0.05) is 50.5 Å². The quantitative estimate of drug-likeness (QED) is 0.662. The number of morpholine rings is 1. The van der Waals surface area contributed by atoms with Crippen LogP contribution in [0.5, 0.6) is 0 Å². The van der Waals surface area contributed by atoms with Crippen LogP contribution in [-0.2, 0) is 16.0 Å². The zero-order chi connectivity index (χ0) is 16.2. The van der Waals surface area contributed by atoms with Gasteiger partial charge in [0.2, 0.25) is 0 Å². The maximum atomic E-state index is 6.16. The van der Waals surface area contributed by atoms with Crippen LogP contribution in [0.25, 0.3) is 0 Å². The van der Waals surface area contributed by atoms with Crippen molar-refractivity contribution in [3.63, 3.8) is 0 Å². The molecule has 0 bridgehead atoms. The van der Waals surface area contributed by atoms with Crippen molar-refractivity contribution in [2.45, 2.75) is 39.0 Å². The summed E-state index contributed by atoms with van der Waals surface area (Å²) in [6.45, 7) is 8.82. The number of hydrogen-bond acceptors (Lipinski definition) is 4. The van der Waals surface area contributed by atoms with E-state index in [1.807, 2.05) is 10.9 Å². The summed E-state index contributed by atoms with van der Waals surface area (Å²) in [5, 5.41) is 4.34. The van der Waals surface area contributed by atoms with Crippen molar-refractivity contribution in [3.05, 3.63) is 18.0 Å². The van der Waals surface area contributed by atoms with E-state index in [2.05, 4.69) is 35.0 Å². The molecular weight excluding hydrogens is 294 g/mol. The Labute approximate surface area is 137 Å². The number of nitrogens with two attached hydrogens (primary N) is 1. The molecule has 2 aliphatic rings. The summed E-state index contributed by atoms with van der Waals surface area (Å²) in [6.07, 6.45) is 5.27. The van der Waals surface area contributed by atoms with E-state index >= 15 is 0 Å². The molecular formula is C16H27N5O2. The van der Waals surface area contributed by atoms with Crippen LogP contribution in [0.4, 0.5) is 0 Å². The van der Waals surface area contributed by atoms with E-state index < -0.39 is 0 Å². The molecule has 128 valence electrons. The van der Waals surface area contributed by atoms with Crippen LogP contribution < -0.4 is 5.73 Å². The lowest BCUT2D eigenvalue weighted by Crippen LogP contribution is -2.48. The Kier molecular flexibility index (Phi) is 5.17. The van der Waals surface area contributed by atoms with Gasteiger partial charge in [0.05, 0.1) is 25.0 Å². The number of aromatic nitrogens is 2. The fourth-order valence-electron chi connectivity index (χ4n) is 3.23. The van der Waals surface area contributed by atoms with E-state index in [-0.39, 0.29) is 12.2 Å². The number of aryl methyl sites for hydroxylation is 1. The molecule has 2 saturated heterocycles. The van der Waals surface area contributed by atoms with Crippen LogP contribution in [0.3, 0.4) is 0 Å². The molecule has 0 radical (unpaired) electrons. The van der Waals surface area contributed by atoms with Gasteiger partial charge in [-0.25, -0.2) is 0 Å². The first-order valence-corrected chi connectivity index (χ1v) is 8.47. The van der Waals surface area contributed by atoms with Gasteiger partial charge >= 0.3 is 0 Å². The summed E-state index contributed by atoms with van der Waals surface area (Å²) in [4.78, 5) is 6.73. The molecule has 1 unspecified atom stereocenters. The Hall–Kier alpha value is -1.60. The van der Waals surface area contributed by atoms with Crippen molar-refractivity contribution in [2.24, 2.45) is 16.6 Å². The van der Waals surface area contributed by atoms with Crippen molar-refractivity contribution in [3.8, 4) is 0 Å². The van der Waals surface area contributed by atoms with Gasteiger partial charge in [-0.15, -0.1) is 0 Å². The summed E-state index contributed by atoms with van der Waals surface area (Å²) < 4.78 is 13.4. The number of aliphatic imine (C=N–C) groups is 1. The van der Waals surface area contributed by atoms with Crippen LogP contribution >= 0.6 is 0 Å². The molecule has 3 rings (SSSR count). The summed E-state index contributed by atoms with van der Waals surface area (Å²) >= 11 is 0. The molecule has 7 nitrogen and oxygen atoms in total. The van der Waals surface area contributed by atoms with E-state index in [9.17, 15) is 0 Å². The van der Waals surface area contributed by atoms with Crippen molar-refractivity contribution in [1.82, 2.24) is 14.7 Å². The largest absolute Gasteiger partial charge is 0.375 e. The standard InChI is InChI=1S/C16H27N5O2/c1-3-21-11-14(9-19-21)15-13(4-6-23-15)8-18-16(17)20-5-7-22-12(2)10-20/h9,11-13,15H,3-8,10H2,1-2H3,(H2,17,18)/t12?,13-,15+/m0/s1. The second-order valence-corrected chi connectivity index (χ2v) is 6.30. The lowest BCUT2D eigenvalue weighted by atomic mass is 9.98. The second-order valence-electron chi connectivity index (χ2n) is 6.30. The third kappa shape index (κ3) is 3.84. The highest BCUT2D eigenvalue weighted by Crippen LogP contribution is 2.34. The predicted octanol–water partition coefficient (Wildman–Crippen LogP) is 1.02. The maximum absolute atomic E-state index is 6.16. The van der Waals surface area contributed by atoms with E-state index in [0.717, 1.165) is 38.2 Å². The second kappa shape index (κ2) is 7.31. The highest BCUT2D eigenvalue weighted by atomic mass is 16.5.